The van der Waals surface area contributed by atoms with Crippen LogP contribution in [0.25, 0.3) is 5.65 Å². The molecule has 0 saturated carbocycles. The van der Waals surface area contributed by atoms with E-state index in [1.54, 1.807) is 52.9 Å². The first-order valence-electron chi connectivity index (χ1n) is 11.7. The summed E-state index contributed by atoms with van der Waals surface area (Å²) in [5.41, 5.74) is 0.530. The van der Waals surface area contributed by atoms with E-state index in [0.29, 0.717) is 22.8 Å². The number of nitrogens with one attached hydrogen (secondary N) is 2. The van der Waals surface area contributed by atoms with Gasteiger partial charge in [-0.05, 0) is 65.8 Å². The third-order valence-corrected chi connectivity index (χ3v) is 4.93. The molecule has 2 atom stereocenters. The van der Waals surface area contributed by atoms with Crippen molar-refractivity contribution in [1.29, 1.82) is 0 Å². The van der Waals surface area contributed by atoms with Gasteiger partial charge in [-0.3, -0.25) is 0 Å². The molecule has 1 aromatic carbocycles. The lowest BCUT2D eigenvalue weighted by molar-refractivity contribution is 0.0501. The molecule has 0 radical (unpaired) electrons. The highest BCUT2D eigenvalue weighted by Crippen LogP contribution is 2.29. The Morgan fingerprint density at radius 2 is 1.94 bits per heavy atom. The molecular weight excluding hydrogens is 469 g/mol. The summed E-state index contributed by atoms with van der Waals surface area (Å²) in [5, 5.41) is 10.0. The van der Waals surface area contributed by atoms with Crippen LogP contribution in [0.4, 0.5) is 15.0 Å². The standard InChI is InChI=1S/C25H32FN5O5/c1-7-34-23(32)19-14-28-31-11-10-21(30-22(19)31)29-16(3)18-12-17(26)8-9-20(18)35-15(2)13-27-24(33)36-25(4,5)6/h8-12,14-16H,7,13H2,1-6H3,(H,27,33)(H,29,30)/t15?,16-/m1/s1. The summed E-state index contributed by atoms with van der Waals surface area (Å²) in [6.45, 7) is 11.1. The molecule has 0 aliphatic rings. The first-order valence-corrected chi connectivity index (χ1v) is 11.7. The maximum absolute atomic E-state index is 14.1. The van der Waals surface area contributed by atoms with Crippen LogP contribution in [0.15, 0.2) is 36.7 Å². The van der Waals surface area contributed by atoms with Crippen LogP contribution in [0, 0.1) is 5.82 Å². The number of nitrogens with zero attached hydrogens (tertiary/aromatic N) is 3. The van der Waals surface area contributed by atoms with Gasteiger partial charge in [0, 0.05) is 11.8 Å². The number of carbonyl (C=O) groups is 2. The van der Waals surface area contributed by atoms with Gasteiger partial charge in [0.1, 0.15) is 34.7 Å². The van der Waals surface area contributed by atoms with Gasteiger partial charge in [0.2, 0.25) is 0 Å². The molecule has 36 heavy (non-hydrogen) atoms. The van der Waals surface area contributed by atoms with Crippen LogP contribution in [-0.4, -0.2) is 51.5 Å². The summed E-state index contributed by atoms with van der Waals surface area (Å²) in [5.74, 6) is -0.0299. The third-order valence-electron chi connectivity index (χ3n) is 4.93. The van der Waals surface area contributed by atoms with Gasteiger partial charge in [-0.2, -0.15) is 5.10 Å². The zero-order valence-corrected chi connectivity index (χ0v) is 21.3. The molecule has 2 N–H and O–H groups in total. The van der Waals surface area contributed by atoms with Gasteiger partial charge in [0.25, 0.3) is 0 Å². The fraction of sp³-hybridized carbons (Fsp3) is 0.440. The van der Waals surface area contributed by atoms with Crippen molar-refractivity contribution in [2.24, 2.45) is 0 Å². The Morgan fingerprint density at radius 3 is 2.64 bits per heavy atom. The molecule has 1 amide bonds. The van der Waals surface area contributed by atoms with Crippen LogP contribution in [-0.2, 0) is 9.47 Å². The van der Waals surface area contributed by atoms with E-state index in [1.165, 1.54) is 22.8 Å². The molecule has 2 aromatic heterocycles. The number of rotatable bonds is 9. The second kappa shape index (κ2) is 11.2. The Bertz CT molecular complexity index is 1220. The van der Waals surface area contributed by atoms with Crippen LogP contribution in [0.2, 0.25) is 0 Å². The van der Waals surface area contributed by atoms with Gasteiger partial charge in [-0.15, -0.1) is 0 Å². The number of alkyl carbamates (subject to hydrolysis) is 1. The molecule has 3 aromatic rings. The molecule has 2 heterocycles. The number of halogens is 1. The number of carbonyl (C=O) groups excluding carboxylic acids is 2. The largest absolute Gasteiger partial charge is 0.489 e. The predicted octanol–water partition coefficient (Wildman–Crippen LogP) is 4.51. The lowest BCUT2D eigenvalue weighted by Crippen LogP contribution is -2.37. The molecule has 0 aliphatic heterocycles. The van der Waals surface area contributed by atoms with Gasteiger partial charge in [0.15, 0.2) is 5.65 Å². The van der Waals surface area contributed by atoms with Crippen LogP contribution in [0.1, 0.15) is 63.5 Å². The molecule has 3 rings (SSSR count). The third kappa shape index (κ3) is 7.06. The van der Waals surface area contributed by atoms with Gasteiger partial charge < -0.3 is 24.8 Å². The van der Waals surface area contributed by atoms with Crippen molar-refractivity contribution in [3.8, 4) is 5.75 Å². The highest BCUT2D eigenvalue weighted by atomic mass is 19.1. The second-order valence-electron chi connectivity index (χ2n) is 9.22. The minimum Gasteiger partial charge on any atom is -0.489 e. The maximum Gasteiger partial charge on any atom is 0.407 e. The minimum absolute atomic E-state index is 0.198. The summed E-state index contributed by atoms with van der Waals surface area (Å²) >= 11 is 0. The quantitative estimate of drug-likeness (QED) is 0.412. The fourth-order valence-electron chi connectivity index (χ4n) is 3.37. The number of aromatic nitrogens is 3. The molecule has 194 valence electrons. The van der Waals surface area contributed by atoms with Crippen LogP contribution >= 0.6 is 0 Å². The van der Waals surface area contributed by atoms with E-state index < -0.39 is 35.6 Å². The van der Waals surface area contributed by atoms with Gasteiger partial charge in [-0.1, -0.05) is 0 Å². The van der Waals surface area contributed by atoms with E-state index in [0.717, 1.165) is 0 Å². The number of hydrogen-bond acceptors (Lipinski definition) is 8. The van der Waals surface area contributed by atoms with Crippen LogP contribution < -0.4 is 15.4 Å². The van der Waals surface area contributed by atoms with Crippen molar-refractivity contribution in [3.63, 3.8) is 0 Å². The Labute approximate surface area is 209 Å². The Hall–Kier alpha value is -3.89. The Balaban J connectivity index is 1.73. The lowest BCUT2D eigenvalue weighted by atomic mass is 10.1. The topological polar surface area (TPSA) is 116 Å². The van der Waals surface area contributed by atoms with E-state index in [4.69, 9.17) is 14.2 Å². The van der Waals surface area contributed by atoms with E-state index in [2.05, 4.69) is 20.7 Å². The normalized spacial score (nSPS) is 13.1. The number of amides is 1. The van der Waals surface area contributed by atoms with Crippen molar-refractivity contribution in [1.82, 2.24) is 19.9 Å². The minimum atomic E-state index is -0.607. The van der Waals surface area contributed by atoms with Crippen LogP contribution in [0.3, 0.4) is 0 Å². The number of esters is 1. The van der Waals surface area contributed by atoms with Crippen molar-refractivity contribution < 1.29 is 28.2 Å². The molecule has 11 heteroatoms. The first kappa shape index (κ1) is 26.7. The number of anilines is 1. The molecule has 0 spiro atoms. The monoisotopic (exact) mass is 501 g/mol. The van der Waals surface area contributed by atoms with Gasteiger partial charge in [-0.25, -0.2) is 23.5 Å². The number of hydrogen-bond donors (Lipinski definition) is 2. The van der Waals surface area contributed by atoms with Gasteiger partial charge >= 0.3 is 12.1 Å². The number of fused-ring (bicyclic) bond motifs is 1. The van der Waals surface area contributed by atoms with Crippen molar-refractivity contribution >= 4 is 23.5 Å². The number of benzene rings is 1. The molecule has 0 saturated heterocycles. The Kier molecular flexibility index (Phi) is 8.33. The average molecular weight is 502 g/mol. The van der Waals surface area contributed by atoms with Crippen molar-refractivity contribution in [2.45, 2.75) is 59.3 Å². The smallest absolute Gasteiger partial charge is 0.407 e. The highest BCUT2D eigenvalue weighted by Gasteiger charge is 2.20. The molecule has 0 aliphatic carbocycles. The Morgan fingerprint density at radius 1 is 1.19 bits per heavy atom. The molecule has 10 nitrogen and oxygen atoms in total. The zero-order valence-electron chi connectivity index (χ0n) is 21.3. The summed E-state index contributed by atoms with van der Waals surface area (Å²) < 4.78 is 31.9. The van der Waals surface area contributed by atoms with Crippen molar-refractivity contribution in [3.05, 3.63) is 53.6 Å². The SMILES string of the molecule is CCOC(=O)c1cnn2ccc(N[C@H](C)c3cc(F)ccc3OC(C)CNC(=O)OC(C)(C)C)nc12. The highest BCUT2D eigenvalue weighted by molar-refractivity contribution is 5.95. The van der Waals surface area contributed by atoms with E-state index in [9.17, 15) is 14.0 Å². The molecule has 1 unspecified atom stereocenters. The predicted molar refractivity (Wildman–Crippen MR) is 132 cm³/mol. The molecule has 0 bridgehead atoms. The lowest BCUT2D eigenvalue weighted by Gasteiger charge is -2.23. The van der Waals surface area contributed by atoms with E-state index in [1.807, 2.05) is 6.92 Å². The maximum atomic E-state index is 14.1. The van der Waals surface area contributed by atoms with E-state index >= 15 is 0 Å². The molecule has 0 fully saturated rings. The fourth-order valence-corrected chi connectivity index (χ4v) is 3.37. The average Bonchev–Trinajstić information content (AvgIpc) is 3.21. The van der Waals surface area contributed by atoms with E-state index in [-0.39, 0.29) is 18.7 Å². The summed E-state index contributed by atoms with van der Waals surface area (Å²) in [7, 11) is 0. The first-order chi connectivity index (χ1) is 17.0. The van der Waals surface area contributed by atoms with Crippen molar-refractivity contribution in [2.75, 3.05) is 18.5 Å². The summed E-state index contributed by atoms with van der Waals surface area (Å²) in [4.78, 5) is 28.6. The summed E-state index contributed by atoms with van der Waals surface area (Å²) in [6, 6.07) is 5.51. The summed E-state index contributed by atoms with van der Waals surface area (Å²) in [6.07, 6.45) is 2.10. The van der Waals surface area contributed by atoms with Crippen LogP contribution in [0.5, 0.6) is 5.75 Å². The second-order valence-corrected chi connectivity index (χ2v) is 9.22. The molecular formula is C25H32FN5O5. The van der Waals surface area contributed by atoms with Gasteiger partial charge in [0.05, 0.1) is 25.4 Å². The number of ether oxygens (including phenoxy) is 3. The zero-order chi connectivity index (χ0) is 26.5.